The number of anilines is 1. The van der Waals surface area contributed by atoms with Gasteiger partial charge in [0.25, 0.3) is 20.2 Å². The van der Waals surface area contributed by atoms with Gasteiger partial charge in [-0.1, -0.05) is 12.1 Å². The molecule has 1 heterocycles. The molecule has 12 nitrogen and oxygen atoms in total. The average Bonchev–Trinajstić information content (AvgIpc) is 2.91. The summed E-state index contributed by atoms with van der Waals surface area (Å²) in [7, 11) is -9.79. The van der Waals surface area contributed by atoms with Crippen molar-refractivity contribution in [3.05, 3.63) is 42.5 Å². The standard InChI is InChI=1S/C15H12N2O10S2/c18-12-4-5-13(19)17(12)27-15(20)16-10-3-1-2-8-6-9(28(21,22)23)7-11(14(8)10)29(24,25)26/h1-7,18-19H,(H,16,20)(H,21,22,23)(H,24,25,26). The number of carbonyl (C=O) groups is 1. The van der Waals surface area contributed by atoms with Gasteiger partial charge in [0.2, 0.25) is 11.8 Å². The minimum absolute atomic E-state index is 0.0581. The lowest BCUT2D eigenvalue weighted by molar-refractivity contribution is 0.120. The molecule has 0 radical (unpaired) electrons. The zero-order valence-electron chi connectivity index (χ0n) is 14.0. The number of nitrogens with one attached hydrogen (secondary N) is 1. The van der Waals surface area contributed by atoms with E-state index >= 15 is 0 Å². The average molecular weight is 444 g/mol. The van der Waals surface area contributed by atoms with Crippen LogP contribution in [0.2, 0.25) is 0 Å². The van der Waals surface area contributed by atoms with E-state index in [1.54, 1.807) is 0 Å². The number of amides is 1. The second kappa shape index (κ2) is 6.93. The zero-order chi connectivity index (χ0) is 21.6. The Labute approximate surface area is 163 Å². The van der Waals surface area contributed by atoms with Crippen LogP contribution in [-0.4, -0.2) is 47.0 Å². The van der Waals surface area contributed by atoms with E-state index in [2.05, 4.69) is 5.32 Å². The molecule has 0 fully saturated rings. The van der Waals surface area contributed by atoms with Gasteiger partial charge in [-0.25, -0.2) is 4.79 Å². The van der Waals surface area contributed by atoms with Crippen LogP contribution in [0.3, 0.4) is 0 Å². The molecule has 0 unspecified atom stereocenters. The first-order valence-corrected chi connectivity index (χ1v) is 10.4. The summed E-state index contributed by atoms with van der Waals surface area (Å²) in [5.41, 5.74) is -0.215. The van der Waals surface area contributed by atoms with E-state index in [9.17, 15) is 40.9 Å². The number of fused-ring (bicyclic) bond motifs is 1. The number of nitrogens with zero attached hydrogens (tertiary/aromatic N) is 1. The molecule has 0 saturated carbocycles. The van der Waals surface area contributed by atoms with Gasteiger partial charge in [0.05, 0.1) is 10.6 Å². The molecule has 0 aliphatic heterocycles. The molecule has 154 valence electrons. The van der Waals surface area contributed by atoms with Crippen LogP contribution in [-0.2, 0) is 20.2 Å². The maximum Gasteiger partial charge on any atom is 0.436 e. The third kappa shape index (κ3) is 4.09. The summed E-state index contributed by atoms with van der Waals surface area (Å²) in [6.07, 6.45) is -1.26. The summed E-state index contributed by atoms with van der Waals surface area (Å²) in [5.74, 6) is -1.21. The Kier molecular flexibility index (Phi) is 4.87. The highest BCUT2D eigenvalue weighted by Gasteiger charge is 2.23. The van der Waals surface area contributed by atoms with E-state index < -0.39 is 47.9 Å². The minimum Gasteiger partial charge on any atom is -0.492 e. The summed E-state index contributed by atoms with van der Waals surface area (Å²) in [5, 5.41) is 20.8. The van der Waals surface area contributed by atoms with Gasteiger partial charge >= 0.3 is 6.09 Å². The Morgan fingerprint density at radius 1 is 0.931 bits per heavy atom. The van der Waals surface area contributed by atoms with Gasteiger partial charge in [-0.2, -0.15) is 16.8 Å². The smallest absolute Gasteiger partial charge is 0.436 e. The van der Waals surface area contributed by atoms with Gasteiger partial charge in [-0.3, -0.25) is 14.4 Å². The normalized spacial score (nSPS) is 12.1. The van der Waals surface area contributed by atoms with Crippen LogP contribution >= 0.6 is 0 Å². The summed E-state index contributed by atoms with van der Waals surface area (Å²) in [6.45, 7) is 0. The third-order valence-corrected chi connectivity index (χ3v) is 5.41. The predicted molar refractivity (Wildman–Crippen MR) is 96.9 cm³/mol. The van der Waals surface area contributed by atoms with E-state index in [1.807, 2.05) is 0 Å². The highest BCUT2D eigenvalue weighted by Crippen LogP contribution is 2.33. The molecule has 2 aromatic carbocycles. The summed E-state index contributed by atoms with van der Waals surface area (Å²) in [4.78, 5) is 15.1. The van der Waals surface area contributed by atoms with E-state index in [0.29, 0.717) is 10.8 Å². The lowest BCUT2D eigenvalue weighted by Gasteiger charge is -2.13. The predicted octanol–water partition coefficient (Wildman–Crippen LogP) is 1.21. The van der Waals surface area contributed by atoms with Crippen molar-refractivity contribution in [3.63, 3.8) is 0 Å². The molecule has 0 aliphatic carbocycles. The van der Waals surface area contributed by atoms with Crippen molar-refractivity contribution < 1.29 is 45.8 Å². The highest BCUT2D eigenvalue weighted by atomic mass is 32.2. The first-order valence-electron chi connectivity index (χ1n) is 7.48. The van der Waals surface area contributed by atoms with Crippen molar-refractivity contribution in [1.29, 1.82) is 0 Å². The fourth-order valence-electron chi connectivity index (χ4n) is 2.53. The monoisotopic (exact) mass is 444 g/mol. The molecule has 3 aromatic rings. The second-order valence-corrected chi connectivity index (χ2v) is 8.43. The number of rotatable bonds is 4. The van der Waals surface area contributed by atoms with Crippen molar-refractivity contribution in [1.82, 2.24) is 4.73 Å². The molecule has 0 aliphatic rings. The van der Waals surface area contributed by atoms with Crippen LogP contribution in [0.25, 0.3) is 10.8 Å². The van der Waals surface area contributed by atoms with Gasteiger partial charge in [-0.15, -0.1) is 4.73 Å². The lowest BCUT2D eigenvalue weighted by atomic mass is 10.1. The van der Waals surface area contributed by atoms with Crippen molar-refractivity contribution >= 4 is 42.8 Å². The van der Waals surface area contributed by atoms with Crippen molar-refractivity contribution in [2.24, 2.45) is 0 Å². The van der Waals surface area contributed by atoms with Gasteiger partial charge in [0, 0.05) is 17.5 Å². The minimum atomic E-state index is -4.99. The first kappa shape index (κ1) is 20.4. The number of hydrogen-bond donors (Lipinski definition) is 5. The molecule has 0 atom stereocenters. The van der Waals surface area contributed by atoms with Crippen LogP contribution in [0.5, 0.6) is 11.8 Å². The molecular weight excluding hydrogens is 432 g/mol. The van der Waals surface area contributed by atoms with Gasteiger partial charge in [-0.05, 0) is 23.6 Å². The van der Waals surface area contributed by atoms with Crippen LogP contribution in [0.4, 0.5) is 10.5 Å². The molecule has 1 amide bonds. The Balaban J connectivity index is 2.13. The Morgan fingerprint density at radius 2 is 1.55 bits per heavy atom. The third-order valence-electron chi connectivity index (χ3n) is 3.70. The molecule has 0 saturated heterocycles. The molecule has 1 aromatic heterocycles. The topological polar surface area (TPSA) is 192 Å². The number of carbonyl (C=O) groups excluding carboxylic acids is 1. The van der Waals surface area contributed by atoms with Crippen LogP contribution in [0, 0.1) is 0 Å². The van der Waals surface area contributed by atoms with Gasteiger partial charge < -0.3 is 15.1 Å². The van der Waals surface area contributed by atoms with Crippen molar-refractivity contribution in [3.8, 4) is 11.8 Å². The van der Waals surface area contributed by atoms with Crippen LogP contribution < -0.4 is 10.2 Å². The lowest BCUT2D eigenvalue weighted by Crippen LogP contribution is -2.24. The van der Waals surface area contributed by atoms with Gasteiger partial charge in [0.1, 0.15) is 4.90 Å². The summed E-state index contributed by atoms with van der Waals surface area (Å²) < 4.78 is 65.4. The molecule has 0 spiro atoms. The van der Waals surface area contributed by atoms with Crippen molar-refractivity contribution in [2.45, 2.75) is 9.79 Å². The fraction of sp³-hybridized carbons (Fsp3) is 0. The van der Waals surface area contributed by atoms with Crippen LogP contribution in [0.1, 0.15) is 0 Å². The van der Waals surface area contributed by atoms with Gasteiger partial charge in [0.15, 0.2) is 0 Å². The summed E-state index contributed by atoms with van der Waals surface area (Å²) >= 11 is 0. The molecular formula is C15H12N2O10S2. The van der Waals surface area contributed by atoms with Crippen molar-refractivity contribution in [2.75, 3.05) is 5.32 Å². The number of hydrogen-bond acceptors (Lipinski definition) is 8. The number of aromatic hydroxyl groups is 2. The largest absolute Gasteiger partial charge is 0.492 e. The molecule has 3 rings (SSSR count). The number of benzene rings is 2. The Morgan fingerprint density at radius 3 is 2.10 bits per heavy atom. The van der Waals surface area contributed by atoms with E-state index in [0.717, 1.165) is 18.2 Å². The van der Waals surface area contributed by atoms with E-state index in [4.69, 9.17) is 4.84 Å². The van der Waals surface area contributed by atoms with E-state index in [-0.39, 0.29) is 16.5 Å². The highest BCUT2D eigenvalue weighted by molar-refractivity contribution is 7.86. The maximum atomic E-state index is 12.1. The molecule has 29 heavy (non-hydrogen) atoms. The summed E-state index contributed by atoms with van der Waals surface area (Å²) in [6, 6.07) is 7.35. The van der Waals surface area contributed by atoms with Crippen LogP contribution in [0.15, 0.2) is 52.3 Å². The number of aromatic nitrogens is 1. The zero-order valence-corrected chi connectivity index (χ0v) is 15.7. The first-order chi connectivity index (χ1) is 13.4. The Bertz CT molecular complexity index is 1320. The van der Waals surface area contributed by atoms with E-state index in [1.165, 1.54) is 18.2 Å². The Hall–Kier alpha value is -3.33. The quantitative estimate of drug-likeness (QED) is 0.365. The second-order valence-electron chi connectivity index (χ2n) is 5.62. The maximum absolute atomic E-state index is 12.1. The molecule has 0 bridgehead atoms. The molecule has 14 heteroatoms. The SMILES string of the molecule is O=C(Nc1cccc2cc(S(=O)(=O)O)cc(S(=O)(=O)O)c12)On1c(O)ccc1O. The fourth-order valence-corrected chi connectivity index (χ4v) is 3.91. The molecule has 5 N–H and O–H groups in total.